The molecule has 0 fully saturated rings. The quantitative estimate of drug-likeness (QED) is 0.713. The standard InChI is InChI=1S/C12H9ClS/c13-14-12-9-5-4-8-11(12)10-6-2-1-3-7-10/h1-9H. The molecule has 0 saturated carbocycles. The van der Waals surface area contributed by atoms with Gasteiger partial charge in [-0.3, -0.25) is 0 Å². The van der Waals surface area contributed by atoms with E-state index in [-0.39, 0.29) is 0 Å². The predicted molar refractivity (Wildman–Crippen MR) is 63.6 cm³/mol. The Balaban J connectivity index is 2.51. The zero-order chi connectivity index (χ0) is 9.80. The maximum Gasteiger partial charge on any atom is 0.0311 e. The highest BCUT2D eigenvalue weighted by atomic mass is 35.7. The average molecular weight is 221 g/mol. The summed E-state index contributed by atoms with van der Waals surface area (Å²) in [6.45, 7) is 0. The first-order valence-corrected chi connectivity index (χ1v) is 5.99. The Morgan fingerprint density at radius 3 is 2.14 bits per heavy atom. The monoisotopic (exact) mass is 220 g/mol. The molecule has 0 aliphatic heterocycles. The topological polar surface area (TPSA) is 0 Å². The van der Waals surface area contributed by atoms with Gasteiger partial charge in [-0.25, -0.2) is 0 Å². The van der Waals surface area contributed by atoms with Gasteiger partial charge in [-0.2, -0.15) is 0 Å². The molecule has 0 aliphatic carbocycles. The number of benzene rings is 2. The van der Waals surface area contributed by atoms with Crippen LogP contribution in [0.5, 0.6) is 0 Å². The minimum Gasteiger partial charge on any atom is -0.0622 e. The molecule has 0 radical (unpaired) electrons. The van der Waals surface area contributed by atoms with Crippen LogP contribution < -0.4 is 0 Å². The van der Waals surface area contributed by atoms with Crippen molar-refractivity contribution in [2.45, 2.75) is 4.90 Å². The number of rotatable bonds is 2. The van der Waals surface area contributed by atoms with Gasteiger partial charge in [0.2, 0.25) is 0 Å². The van der Waals surface area contributed by atoms with Crippen molar-refractivity contribution in [3.8, 4) is 11.1 Å². The van der Waals surface area contributed by atoms with Crippen LogP contribution in [0.1, 0.15) is 0 Å². The summed E-state index contributed by atoms with van der Waals surface area (Å²) >= 11 is 0. The molecule has 2 rings (SSSR count). The third-order valence-corrected chi connectivity index (χ3v) is 3.08. The van der Waals surface area contributed by atoms with Gasteiger partial charge in [0.15, 0.2) is 0 Å². The second-order valence-electron chi connectivity index (χ2n) is 2.94. The van der Waals surface area contributed by atoms with Crippen LogP contribution in [-0.4, -0.2) is 0 Å². The summed E-state index contributed by atoms with van der Waals surface area (Å²) in [4.78, 5) is 1.10. The van der Waals surface area contributed by atoms with Gasteiger partial charge in [0, 0.05) is 4.90 Å². The Bertz CT molecular complexity index is 412. The molecular weight excluding hydrogens is 212 g/mol. The van der Waals surface area contributed by atoms with Crippen molar-refractivity contribution in [2.24, 2.45) is 0 Å². The first-order chi connectivity index (χ1) is 6.92. The molecule has 0 saturated heterocycles. The molecule has 0 aromatic heterocycles. The minimum atomic E-state index is 1.10. The molecule has 70 valence electrons. The first-order valence-electron chi connectivity index (χ1n) is 4.35. The Hall–Kier alpha value is -0.920. The minimum absolute atomic E-state index is 1.10. The van der Waals surface area contributed by atoms with Gasteiger partial charge in [0.25, 0.3) is 0 Å². The van der Waals surface area contributed by atoms with E-state index in [9.17, 15) is 0 Å². The first kappa shape index (κ1) is 9.63. The highest BCUT2D eigenvalue weighted by molar-refractivity contribution is 8.21. The van der Waals surface area contributed by atoms with E-state index in [0.29, 0.717) is 0 Å². The molecule has 0 nitrogen and oxygen atoms in total. The van der Waals surface area contributed by atoms with Gasteiger partial charge < -0.3 is 0 Å². The van der Waals surface area contributed by atoms with Gasteiger partial charge in [0.1, 0.15) is 0 Å². The number of halogens is 1. The molecule has 14 heavy (non-hydrogen) atoms. The summed E-state index contributed by atoms with van der Waals surface area (Å²) in [6, 6.07) is 18.4. The lowest BCUT2D eigenvalue weighted by molar-refractivity contribution is 1.45. The smallest absolute Gasteiger partial charge is 0.0311 e. The SMILES string of the molecule is ClSc1ccccc1-c1ccccc1. The van der Waals surface area contributed by atoms with Gasteiger partial charge in [-0.15, -0.1) is 0 Å². The van der Waals surface area contributed by atoms with Crippen LogP contribution in [0.15, 0.2) is 59.5 Å². The van der Waals surface area contributed by atoms with Crippen LogP contribution in [-0.2, 0) is 0 Å². The van der Waals surface area contributed by atoms with Crippen molar-refractivity contribution in [1.82, 2.24) is 0 Å². The molecule has 0 atom stereocenters. The van der Waals surface area contributed by atoms with Crippen LogP contribution in [0.25, 0.3) is 11.1 Å². The predicted octanol–water partition coefficient (Wildman–Crippen LogP) is 4.60. The van der Waals surface area contributed by atoms with E-state index in [2.05, 4.69) is 18.2 Å². The highest BCUT2D eigenvalue weighted by Crippen LogP contribution is 2.32. The Morgan fingerprint density at radius 1 is 0.786 bits per heavy atom. The molecule has 0 spiro atoms. The largest absolute Gasteiger partial charge is 0.0622 e. The third kappa shape index (κ3) is 1.94. The van der Waals surface area contributed by atoms with E-state index >= 15 is 0 Å². The molecule has 0 heterocycles. The van der Waals surface area contributed by atoms with E-state index in [1.807, 2.05) is 36.4 Å². The summed E-state index contributed by atoms with van der Waals surface area (Å²) in [5.41, 5.74) is 2.39. The second kappa shape index (κ2) is 4.54. The zero-order valence-corrected chi connectivity index (χ0v) is 9.05. The zero-order valence-electron chi connectivity index (χ0n) is 7.48. The third-order valence-electron chi connectivity index (χ3n) is 2.05. The normalized spacial score (nSPS) is 10.1. The average Bonchev–Trinajstić information content (AvgIpc) is 2.30. The summed E-state index contributed by atoms with van der Waals surface area (Å²) in [6.07, 6.45) is 0. The Kier molecular flexibility index (Phi) is 3.12. The van der Waals surface area contributed by atoms with Crippen molar-refractivity contribution in [3.63, 3.8) is 0 Å². The molecule has 0 unspecified atom stereocenters. The summed E-state index contributed by atoms with van der Waals surface area (Å²) in [5, 5.41) is 0. The van der Waals surface area contributed by atoms with Gasteiger partial charge in [0.05, 0.1) is 0 Å². The van der Waals surface area contributed by atoms with Crippen LogP contribution in [0.4, 0.5) is 0 Å². The fourth-order valence-electron chi connectivity index (χ4n) is 1.39. The van der Waals surface area contributed by atoms with Crippen molar-refractivity contribution < 1.29 is 0 Å². The van der Waals surface area contributed by atoms with Crippen LogP contribution >= 0.6 is 21.7 Å². The Morgan fingerprint density at radius 2 is 1.43 bits per heavy atom. The number of hydrogen-bond donors (Lipinski definition) is 0. The van der Waals surface area contributed by atoms with E-state index < -0.39 is 0 Å². The van der Waals surface area contributed by atoms with Crippen molar-refractivity contribution in [2.75, 3.05) is 0 Å². The fraction of sp³-hybridized carbons (Fsp3) is 0. The van der Waals surface area contributed by atoms with E-state index in [1.165, 1.54) is 22.1 Å². The van der Waals surface area contributed by atoms with E-state index in [4.69, 9.17) is 10.7 Å². The number of hydrogen-bond acceptors (Lipinski definition) is 1. The van der Waals surface area contributed by atoms with Crippen molar-refractivity contribution in [3.05, 3.63) is 54.6 Å². The Labute approximate surface area is 92.4 Å². The molecule has 0 bridgehead atoms. The fourth-order valence-corrected chi connectivity index (χ4v) is 2.19. The lowest BCUT2D eigenvalue weighted by Gasteiger charge is -2.05. The molecule has 2 heteroatoms. The molecule has 2 aromatic carbocycles. The summed E-state index contributed by atoms with van der Waals surface area (Å²) < 4.78 is 0. The van der Waals surface area contributed by atoms with Gasteiger partial charge in [-0.05, 0) is 38.9 Å². The summed E-state index contributed by atoms with van der Waals surface area (Å²) in [5.74, 6) is 0. The van der Waals surface area contributed by atoms with Crippen molar-refractivity contribution >= 4 is 21.7 Å². The maximum absolute atomic E-state index is 5.80. The van der Waals surface area contributed by atoms with Gasteiger partial charge >= 0.3 is 0 Å². The van der Waals surface area contributed by atoms with E-state index in [0.717, 1.165) is 4.90 Å². The maximum atomic E-state index is 5.80. The van der Waals surface area contributed by atoms with Crippen LogP contribution in [0.3, 0.4) is 0 Å². The highest BCUT2D eigenvalue weighted by Gasteiger charge is 2.02. The molecule has 0 aliphatic rings. The lowest BCUT2D eigenvalue weighted by Crippen LogP contribution is -1.79. The molecule has 2 aromatic rings. The second-order valence-corrected chi connectivity index (χ2v) is 4.00. The lowest BCUT2D eigenvalue weighted by atomic mass is 10.1. The van der Waals surface area contributed by atoms with Crippen molar-refractivity contribution in [1.29, 1.82) is 0 Å². The van der Waals surface area contributed by atoms with Crippen LogP contribution in [0, 0.1) is 0 Å². The van der Waals surface area contributed by atoms with Gasteiger partial charge in [-0.1, -0.05) is 48.5 Å². The molecule has 0 amide bonds. The molecule has 0 N–H and O–H groups in total. The van der Waals surface area contributed by atoms with Crippen LogP contribution in [0.2, 0.25) is 0 Å². The summed E-state index contributed by atoms with van der Waals surface area (Å²) in [7, 11) is 7.06. The van der Waals surface area contributed by atoms with E-state index in [1.54, 1.807) is 0 Å². The molecular formula is C12H9ClS.